The van der Waals surface area contributed by atoms with Crippen molar-refractivity contribution in [1.29, 1.82) is 0 Å². The van der Waals surface area contributed by atoms with Crippen molar-refractivity contribution in [2.24, 2.45) is 5.73 Å². The zero-order valence-electron chi connectivity index (χ0n) is 11.2. The SMILES string of the molecule is CC(Nc1cccc(Br)c1)(C(N)=O)c1ccc(F)c(Cl)c1. The topological polar surface area (TPSA) is 55.1 Å². The molecule has 3 N–H and O–H groups in total. The lowest BCUT2D eigenvalue weighted by Gasteiger charge is -2.29. The summed E-state index contributed by atoms with van der Waals surface area (Å²) in [5.74, 6) is -1.14. The number of primary amides is 1. The van der Waals surface area contributed by atoms with Crippen LogP contribution in [0.1, 0.15) is 12.5 Å². The molecule has 0 aromatic heterocycles. The zero-order chi connectivity index (χ0) is 15.6. The van der Waals surface area contributed by atoms with Crippen molar-refractivity contribution in [3.8, 4) is 0 Å². The van der Waals surface area contributed by atoms with E-state index >= 15 is 0 Å². The maximum absolute atomic E-state index is 13.3. The predicted octanol–water partition coefficient (Wildman–Crippen LogP) is 4.05. The number of rotatable bonds is 4. The van der Waals surface area contributed by atoms with Gasteiger partial charge in [-0.15, -0.1) is 0 Å². The van der Waals surface area contributed by atoms with Crippen LogP contribution >= 0.6 is 27.5 Å². The summed E-state index contributed by atoms with van der Waals surface area (Å²) in [6.45, 7) is 1.62. The van der Waals surface area contributed by atoms with Gasteiger partial charge < -0.3 is 11.1 Å². The van der Waals surface area contributed by atoms with Gasteiger partial charge in [0.1, 0.15) is 11.4 Å². The monoisotopic (exact) mass is 370 g/mol. The molecule has 6 heteroatoms. The molecule has 1 unspecified atom stereocenters. The minimum atomic E-state index is -1.21. The Morgan fingerprint density at radius 2 is 2.05 bits per heavy atom. The second-order valence-electron chi connectivity index (χ2n) is 4.75. The van der Waals surface area contributed by atoms with E-state index in [1.807, 2.05) is 18.2 Å². The molecule has 0 radical (unpaired) electrons. The van der Waals surface area contributed by atoms with Crippen molar-refractivity contribution in [3.05, 3.63) is 63.3 Å². The standard InChI is InChI=1S/C15H13BrClFN2O/c1-15(14(19)21,9-5-6-13(18)12(17)7-9)20-11-4-2-3-10(16)8-11/h2-8,20H,1H3,(H2,19,21). The highest BCUT2D eigenvalue weighted by Gasteiger charge is 2.33. The molecule has 0 spiro atoms. The molecule has 0 saturated heterocycles. The molecule has 2 aromatic carbocycles. The highest BCUT2D eigenvalue weighted by Crippen LogP contribution is 2.30. The number of nitrogens with one attached hydrogen (secondary N) is 1. The normalized spacial score (nSPS) is 13.5. The van der Waals surface area contributed by atoms with Gasteiger partial charge in [0, 0.05) is 10.2 Å². The van der Waals surface area contributed by atoms with Gasteiger partial charge >= 0.3 is 0 Å². The lowest BCUT2D eigenvalue weighted by molar-refractivity contribution is -0.122. The zero-order valence-corrected chi connectivity index (χ0v) is 13.5. The van der Waals surface area contributed by atoms with E-state index in [1.165, 1.54) is 18.2 Å². The molecule has 0 heterocycles. The van der Waals surface area contributed by atoms with E-state index in [1.54, 1.807) is 13.0 Å². The highest BCUT2D eigenvalue weighted by molar-refractivity contribution is 9.10. The number of hydrogen-bond acceptors (Lipinski definition) is 2. The molecule has 0 bridgehead atoms. The minimum Gasteiger partial charge on any atom is -0.368 e. The first-order valence-electron chi connectivity index (χ1n) is 6.12. The van der Waals surface area contributed by atoms with Gasteiger partial charge in [-0.2, -0.15) is 0 Å². The third-order valence-electron chi connectivity index (χ3n) is 3.21. The quantitative estimate of drug-likeness (QED) is 0.852. The van der Waals surface area contributed by atoms with Gasteiger partial charge in [0.05, 0.1) is 5.02 Å². The number of carbonyl (C=O) groups excluding carboxylic acids is 1. The highest BCUT2D eigenvalue weighted by atomic mass is 79.9. The van der Waals surface area contributed by atoms with Crippen molar-refractivity contribution < 1.29 is 9.18 Å². The minimum absolute atomic E-state index is 0.0592. The lowest BCUT2D eigenvalue weighted by atomic mass is 9.90. The van der Waals surface area contributed by atoms with E-state index in [2.05, 4.69) is 21.2 Å². The first kappa shape index (κ1) is 15.8. The maximum atomic E-state index is 13.3. The van der Waals surface area contributed by atoms with Crippen LogP contribution in [0.2, 0.25) is 5.02 Å². The average Bonchev–Trinajstić information content (AvgIpc) is 2.41. The maximum Gasteiger partial charge on any atom is 0.247 e. The number of benzene rings is 2. The number of nitrogens with two attached hydrogens (primary N) is 1. The van der Waals surface area contributed by atoms with Gasteiger partial charge in [-0.25, -0.2) is 4.39 Å². The van der Waals surface area contributed by atoms with Crippen molar-refractivity contribution >= 4 is 39.1 Å². The second kappa shape index (κ2) is 6.03. The van der Waals surface area contributed by atoms with E-state index in [-0.39, 0.29) is 5.02 Å². The van der Waals surface area contributed by atoms with E-state index in [9.17, 15) is 9.18 Å². The Labute approximate surface area is 135 Å². The molecule has 0 fully saturated rings. The number of hydrogen-bond donors (Lipinski definition) is 2. The van der Waals surface area contributed by atoms with Crippen LogP contribution in [0.15, 0.2) is 46.9 Å². The van der Waals surface area contributed by atoms with Crippen molar-refractivity contribution in [3.63, 3.8) is 0 Å². The summed E-state index contributed by atoms with van der Waals surface area (Å²) in [4.78, 5) is 11.9. The van der Waals surface area contributed by atoms with Gasteiger partial charge in [-0.3, -0.25) is 4.79 Å². The fourth-order valence-corrected chi connectivity index (χ4v) is 2.52. The summed E-state index contributed by atoms with van der Waals surface area (Å²) < 4.78 is 14.2. The van der Waals surface area contributed by atoms with Crippen LogP contribution in [0.25, 0.3) is 0 Å². The second-order valence-corrected chi connectivity index (χ2v) is 6.08. The number of amides is 1. The Morgan fingerprint density at radius 3 is 2.62 bits per heavy atom. The molecule has 21 heavy (non-hydrogen) atoms. The van der Waals surface area contributed by atoms with Crippen LogP contribution in [0.4, 0.5) is 10.1 Å². The first-order valence-corrected chi connectivity index (χ1v) is 7.29. The predicted molar refractivity (Wildman–Crippen MR) is 85.7 cm³/mol. The van der Waals surface area contributed by atoms with Crippen LogP contribution in [-0.4, -0.2) is 5.91 Å². The van der Waals surface area contributed by atoms with Gasteiger partial charge in [0.15, 0.2) is 0 Å². The summed E-state index contributed by atoms with van der Waals surface area (Å²) in [6.07, 6.45) is 0. The van der Waals surface area contributed by atoms with Crippen LogP contribution < -0.4 is 11.1 Å². The van der Waals surface area contributed by atoms with Crippen LogP contribution in [-0.2, 0) is 10.3 Å². The Kier molecular flexibility index (Phi) is 4.54. The Morgan fingerprint density at radius 1 is 1.33 bits per heavy atom. The summed E-state index contributed by atoms with van der Waals surface area (Å²) in [6, 6.07) is 11.4. The molecule has 1 amide bonds. The molecule has 1 atom stereocenters. The Balaban J connectivity index is 2.45. The number of carbonyl (C=O) groups is 1. The van der Waals surface area contributed by atoms with Crippen molar-refractivity contribution in [1.82, 2.24) is 0 Å². The molecule has 0 aliphatic carbocycles. The molecule has 2 aromatic rings. The smallest absolute Gasteiger partial charge is 0.247 e. The molecular weight excluding hydrogens is 359 g/mol. The van der Waals surface area contributed by atoms with Crippen LogP contribution in [0.3, 0.4) is 0 Å². The summed E-state index contributed by atoms with van der Waals surface area (Å²) in [5, 5.41) is 3.01. The molecule has 0 aliphatic rings. The van der Waals surface area contributed by atoms with Gasteiger partial charge in [0.2, 0.25) is 5.91 Å². The third-order valence-corrected chi connectivity index (χ3v) is 3.99. The Hall–Kier alpha value is -1.59. The van der Waals surface area contributed by atoms with E-state index < -0.39 is 17.3 Å². The largest absolute Gasteiger partial charge is 0.368 e. The molecular formula is C15H13BrClFN2O. The molecule has 0 aliphatic heterocycles. The van der Waals surface area contributed by atoms with Crippen LogP contribution in [0, 0.1) is 5.82 Å². The number of halogens is 3. The third kappa shape index (κ3) is 3.36. The molecule has 2 rings (SSSR count). The molecule has 110 valence electrons. The average molecular weight is 372 g/mol. The fraction of sp³-hybridized carbons (Fsp3) is 0.133. The van der Waals surface area contributed by atoms with Gasteiger partial charge in [-0.05, 0) is 42.8 Å². The van der Waals surface area contributed by atoms with Crippen molar-refractivity contribution in [2.45, 2.75) is 12.5 Å². The van der Waals surface area contributed by atoms with E-state index in [0.29, 0.717) is 11.3 Å². The van der Waals surface area contributed by atoms with Crippen molar-refractivity contribution in [2.75, 3.05) is 5.32 Å². The summed E-state index contributed by atoms with van der Waals surface area (Å²) >= 11 is 9.15. The molecule has 3 nitrogen and oxygen atoms in total. The summed E-state index contributed by atoms with van der Waals surface area (Å²) in [5.41, 5.74) is 5.50. The molecule has 0 saturated carbocycles. The number of anilines is 1. The Bertz CT molecular complexity index is 695. The first-order chi connectivity index (χ1) is 9.83. The van der Waals surface area contributed by atoms with Crippen LogP contribution in [0.5, 0.6) is 0 Å². The van der Waals surface area contributed by atoms with Gasteiger partial charge in [-0.1, -0.05) is 39.7 Å². The van der Waals surface area contributed by atoms with E-state index in [4.69, 9.17) is 17.3 Å². The van der Waals surface area contributed by atoms with Gasteiger partial charge in [0.25, 0.3) is 0 Å². The fourth-order valence-electron chi connectivity index (χ4n) is 1.94. The van der Waals surface area contributed by atoms with E-state index in [0.717, 1.165) is 4.47 Å². The summed E-state index contributed by atoms with van der Waals surface area (Å²) in [7, 11) is 0. The lowest BCUT2D eigenvalue weighted by Crippen LogP contribution is -2.45.